The molecule has 0 spiro atoms. The molecule has 25 heavy (non-hydrogen) atoms. The quantitative estimate of drug-likeness (QED) is 0.568. The number of aromatic nitrogens is 1. The first-order valence-corrected chi connectivity index (χ1v) is 9.76. The van der Waals surface area contributed by atoms with E-state index in [4.69, 9.17) is 5.26 Å². The first-order chi connectivity index (χ1) is 12.3. The molecule has 0 atom stereocenters. The Balaban J connectivity index is 1.57. The average molecular weight is 332 g/mol. The maximum atomic E-state index is 8.87. The van der Waals surface area contributed by atoms with Crippen molar-refractivity contribution in [3.05, 3.63) is 53.7 Å². The van der Waals surface area contributed by atoms with E-state index < -0.39 is 0 Å². The van der Waals surface area contributed by atoms with Crippen LogP contribution in [-0.4, -0.2) is 4.98 Å². The summed E-state index contributed by atoms with van der Waals surface area (Å²) in [7, 11) is 0. The first kappa shape index (κ1) is 17.7. The molecule has 130 valence electrons. The second-order valence-corrected chi connectivity index (χ2v) is 7.38. The van der Waals surface area contributed by atoms with E-state index in [0.717, 1.165) is 23.1 Å². The van der Waals surface area contributed by atoms with Crippen LogP contribution in [0.1, 0.15) is 75.3 Å². The van der Waals surface area contributed by atoms with Gasteiger partial charge in [0.1, 0.15) is 6.07 Å². The molecule has 0 bridgehead atoms. The molecular weight excluding hydrogens is 304 g/mol. The summed E-state index contributed by atoms with van der Waals surface area (Å²) in [5.74, 6) is 1.69. The van der Waals surface area contributed by atoms with Crippen molar-refractivity contribution < 1.29 is 0 Å². The topological polar surface area (TPSA) is 36.7 Å². The Morgan fingerprint density at radius 1 is 1.00 bits per heavy atom. The Labute approximate surface area is 151 Å². The number of rotatable bonds is 6. The van der Waals surface area contributed by atoms with Crippen LogP contribution < -0.4 is 0 Å². The third kappa shape index (κ3) is 4.69. The Bertz CT molecular complexity index is 686. The minimum atomic E-state index is 0.607. The molecule has 0 N–H and O–H groups in total. The van der Waals surface area contributed by atoms with E-state index in [1.54, 1.807) is 6.20 Å². The average Bonchev–Trinajstić information content (AvgIpc) is 2.69. The Morgan fingerprint density at radius 2 is 1.76 bits per heavy atom. The highest BCUT2D eigenvalue weighted by Crippen LogP contribution is 2.38. The molecule has 1 fully saturated rings. The van der Waals surface area contributed by atoms with Crippen LogP contribution in [0, 0.1) is 17.2 Å². The molecule has 2 nitrogen and oxygen atoms in total. The largest absolute Gasteiger partial charge is 0.255 e. The van der Waals surface area contributed by atoms with E-state index in [2.05, 4.69) is 42.2 Å². The summed E-state index contributed by atoms with van der Waals surface area (Å²) < 4.78 is 0. The molecule has 0 amide bonds. The van der Waals surface area contributed by atoms with Gasteiger partial charge in [0.05, 0.1) is 11.3 Å². The normalized spacial score (nSPS) is 20.2. The van der Waals surface area contributed by atoms with Crippen LogP contribution in [0.4, 0.5) is 0 Å². The smallest absolute Gasteiger partial charge is 0.101 e. The molecule has 1 aromatic carbocycles. The number of pyridine rings is 1. The molecule has 3 rings (SSSR count). The molecule has 2 aromatic rings. The van der Waals surface area contributed by atoms with Gasteiger partial charge in [0, 0.05) is 11.8 Å². The lowest BCUT2D eigenvalue weighted by Crippen LogP contribution is -2.13. The maximum Gasteiger partial charge on any atom is 0.101 e. The molecule has 0 radical (unpaired) electrons. The zero-order valence-electron chi connectivity index (χ0n) is 15.2. The molecule has 1 aromatic heterocycles. The van der Waals surface area contributed by atoms with Gasteiger partial charge in [-0.2, -0.15) is 5.26 Å². The van der Waals surface area contributed by atoms with Gasteiger partial charge in [-0.05, 0) is 55.2 Å². The van der Waals surface area contributed by atoms with Gasteiger partial charge in [0.15, 0.2) is 0 Å². The molecule has 1 aliphatic carbocycles. The zero-order chi connectivity index (χ0) is 17.5. The van der Waals surface area contributed by atoms with Crippen molar-refractivity contribution in [3.8, 4) is 17.3 Å². The van der Waals surface area contributed by atoms with Crippen molar-refractivity contribution in [2.24, 2.45) is 5.92 Å². The van der Waals surface area contributed by atoms with Gasteiger partial charge in [-0.3, -0.25) is 4.98 Å². The monoisotopic (exact) mass is 332 g/mol. The van der Waals surface area contributed by atoms with Gasteiger partial charge in [-0.1, -0.05) is 56.9 Å². The summed E-state index contributed by atoms with van der Waals surface area (Å²) in [4.78, 5) is 4.38. The van der Waals surface area contributed by atoms with Gasteiger partial charge < -0.3 is 0 Å². The third-order valence-corrected chi connectivity index (χ3v) is 5.63. The molecule has 0 aliphatic heterocycles. The number of hydrogen-bond donors (Lipinski definition) is 0. The van der Waals surface area contributed by atoms with Crippen LogP contribution >= 0.6 is 0 Å². The maximum absolute atomic E-state index is 8.87. The second kappa shape index (κ2) is 8.81. The van der Waals surface area contributed by atoms with E-state index in [-0.39, 0.29) is 0 Å². The Hall–Kier alpha value is -2.14. The van der Waals surface area contributed by atoms with E-state index in [1.807, 2.05) is 12.1 Å². The fourth-order valence-corrected chi connectivity index (χ4v) is 4.02. The summed E-state index contributed by atoms with van der Waals surface area (Å²) in [5.41, 5.74) is 4.15. The predicted molar refractivity (Wildman–Crippen MR) is 103 cm³/mol. The summed E-state index contributed by atoms with van der Waals surface area (Å²) in [6.45, 7) is 2.29. The van der Waals surface area contributed by atoms with E-state index in [9.17, 15) is 0 Å². The van der Waals surface area contributed by atoms with Crippen molar-refractivity contribution in [2.75, 3.05) is 0 Å². The van der Waals surface area contributed by atoms with Crippen molar-refractivity contribution in [3.63, 3.8) is 0 Å². The zero-order valence-corrected chi connectivity index (χ0v) is 15.2. The SMILES string of the molecule is CCCCCC1CCC(c2ccc(-c3ccc(C#N)cn3)cc2)CC1. The van der Waals surface area contributed by atoms with Crippen molar-refractivity contribution in [2.45, 2.75) is 64.2 Å². The fourth-order valence-electron chi connectivity index (χ4n) is 4.02. The highest BCUT2D eigenvalue weighted by molar-refractivity contribution is 5.60. The van der Waals surface area contributed by atoms with Gasteiger partial charge in [-0.15, -0.1) is 0 Å². The van der Waals surface area contributed by atoms with Crippen LogP contribution in [0.15, 0.2) is 42.6 Å². The lowest BCUT2D eigenvalue weighted by atomic mass is 9.77. The number of nitrogens with zero attached hydrogens (tertiary/aromatic N) is 2. The summed E-state index contributed by atoms with van der Waals surface area (Å²) >= 11 is 0. The molecule has 0 saturated heterocycles. The van der Waals surface area contributed by atoms with Crippen LogP contribution in [0.25, 0.3) is 11.3 Å². The fraction of sp³-hybridized carbons (Fsp3) is 0.478. The van der Waals surface area contributed by atoms with Crippen LogP contribution in [0.5, 0.6) is 0 Å². The minimum absolute atomic E-state index is 0.607. The van der Waals surface area contributed by atoms with E-state index in [1.165, 1.54) is 56.9 Å². The number of unbranched alkanes of at least 4 members (excludes halogenated alkanes) is 2. The van der Waals surface area contributed by atoms with E-state index >= 15 is 0 Å². The van der Waals surface area contributed by atoms with Crippen molar-refractivity contribution in [1.82, 2.24) is 4.98 Å². The van der Waals surface area contributed by atoms with Crippen molar-refractivity contribution >= 4 is 0 Å². The summed E-state index contributed by atoms with van der Waals surface area (Å²) in [6.07, 6.45) is 12.7. The molecule has 2 heteroatoms. The van der Waals surface area contributed by atoms with E-state index in [0.29, 0.717) is 5.56 Å². The number of nitriles is 1. The Kier molecular flexibility index (Phi) is 6.23. The standard InChI is InChI=1S/C23H28N2/c1-2-3-4-5-18-6-9-20(10-7-18)21-11-13-22(14-12-21)23-15-8-19(16-24)17-25-23/h8,11-15,17-18,20H,2-7,9-10H2,1H3. The second-order valence-electron chi connectivity index (χ2n) is 7.38. The van der Waals surface area contributed by atoms with Gasteiger partial charge in [-0.25, -0.2) is 0 Å². The molecular formula is C23H28N2. The first-order valence-electron chi connectivity index (χ1n) is 9.76. The molecule has 0 unspecified atom stereocenters. The molecule has 1 heterocycles. The summed E-state index contributed by atoms with van der Waals surface area (Å²) in [6, 6.07) is 14.8. The van der Waals surface area contributed by atoms with Gasteiger partial charge >= 0.3 is 0 Å². The minimum Gasteiger partial charge on any atom is -0.255 e. The van der Waals surface area contributed by atoms with Crippen molar-refractivity contribution in [1.29, 1.82) is 5.26 Å². The lowest BCUT2D eigenvalue weighted by molar-refractivity contribution is 0.303. The van der Waals surface area contributed by atoms with Gasteiger partial charge in [0.25, 0.3) is 0 Å². The molecule has 1 aliphatic rings. The summed E-state index contributed by atoms with van der Waals surface area (Å²) in [5, 5.41) is 8.87. The van der Waals surface area contributed by atoms with Crippen LogP contribution in [0.2, 0.25) is 0 Å². The predicted octanol–water partition coefficient (Wildman–Crippen LogP) is 6.47. The number of hydrogen-bond acceptors (Lipinski definition) is 2. The molecule has 1 saturated carbocycles. The lowest BCUT2D eigenvalue weighted by Gasteiger charge is -2.29. The van der Waals surface area contributed by atoms with Gasteiger partial charge in [0.2, 0.25) is 0 Å². The Morgan fingerprint density at radius 3 is 2.36 bits per heavy atom. The number of benzene rings is 1. The van der Waals surface area contributed by atoms with Crippen LogP contribution in [-0.2, 0) is 0 Å². The van der Waals surface area contributed by atoms with Crippen LogP contribution in [0.3, 0.4) is 0 Å². The third-order valence-electron chi connectivity index (χ3n) is 5.63. The highest BCUT2D eigenvalue weighted by atomic mass is 14.7. The highest BCUT2D eigenvalue weighted by Gasteiger charge is 2.22.